The summed E-state index contributed by atoms with van der Waals surface area (Å²) in [7, 11) is -3.35. The van der Waals surface area contributed by atoms with Crippen LogP contribution in [0.5, 0.6) is 0 Å². The Balaban J connectivity index is 0.00000220. The summed E-state index contributed by atoms with van der Waals surface area (Å²) in [5, 5.41) is 3.34. The zero-order valence-corrected chi connectivity index (χ0v) is 15.3. The molecule has 0 spiro atoms. The van der Waals surface area contributed by atoms with Crippen LogP contribution >= 0.6 is 28.3 Å². The molecule has 7 heteroatoms. The summed E-state index contributed by atoms with van der Waals surface area (Å²) in [4.78, 5) is 0.372. The van der Waals surface area contributed by atoms with Gasteiger partial charge in [0.05, 0.1) is 4.90 Å². The highest BCUT2D eigenvalue weighted by molar-refractivity contribution is 9.10. The topological polar surface area (TPSA) is 49.4 Å². The molecule has 120 valence electrons. The molecule has 1 aliphatic rings. The molecular weight excluding hydrogens is 376 g/mol. The normalized spacial score (nSPS) is 17.4. The molecular formula is C14H22BrClN2O2S. The lowest BCUT2D eigenvalue weighted by Crippen LogP contribution is -2.40. The predicted octanol–water partition coefficient (Wildman–Crippen LogP) is 2.88. The van der Waals surface area contributed by atoms with Gasteiger partial charge in [0.2, 0.25) is 10.0 Å². The third-order valence-corrected chi connectivity index (χ3v) is 6.08. The molecule has 0 saturated carbocycles. The van der Waals surface area contributed by atoms with Crippen molar-refractivity contribution in [3.63, 3.8) is 0 Å². The van der Waals surface area contributed by atoms with E-state index < -0.39 is 10.0 Å². The third kappa shape index (κ3) is 4.93. The number of sulfonamides is 1. The summed E-state index contributed by atoms with van der Waals surface area (Å²) >= 11 is 3.33. The highest BCUT2D eigenvalue weighted by atomic mass is 79.9. The van der Waals surface area contributed by atoms with Crippen molar-refractivity contribution in [2.75, 3.05) is 26.2 Å². The summed E-state index contributed by atoms with van der Waals surface area (Å²) in [5.41, 5.74) is 0. The zero-order chi connectivity index (χ0) is 14.6. The lowest BCUT2D eigenvalue weighted by Gasteiger charge is -2.31. The maximum atomic E-state index is 12.5. The minimum Gasteiger partial charge on any atom is -0.317 e. The quantitative estimate of drug-likeness (QED) is 0.831. The van der Waals surface area contributed by atoms with E-state index in [1.165, 1.54) is 0 Å². The molecule has 0 radical (unpaired) electrons. The molecule has 0 atom stereocenters. The number of piperidine rings is 1. The largest absolute Gasteiger partial charge is 0.317 e. The van der Waals surface area contributed by atoms with Gasteiger partial charge in [-0.3, -0.25) is 0 Å². The van der Waals surface area contributed by atoms with Gasteiger partial charge in [0.1, 0.15) is 0 Å². The Hall–Kier alpha value is -0.140. The van der Waals surface area contributed by atoms with Crippen molar-refractivity contribution in [2.24, 2.45) is 5.92 Å². The number of benzene rings is 1. The van der Waals surface area contributed by atoms with E-state index in [0.717, 1.165) is 30.4 Å². The fraction of sp³-hybridized carbons (Fsp3) is 0.571. The number of nitrogens with one attached hydrogen (secondary N) is 1. The monoisotopic (exact) mass is 396 g/mol. The Morgan fingerprint density at radius 3 is 2.57 bits per heavy atom. The molecule has 0 bridgehead atoms. The highest BCUT2D eigenvalue weighted by Crippen LogP contribution is 2.25. The van der Waals surface area contributed by atoms with Crippen LogP contribution < -0.4 is 5.32 Å². The molecule has 2 rings (SSSR count). The summed E-state index contributed by atoms with van der Waals surface area (Å²) < 4.78 is 27.5. The van der Waals surface area contributed by atoms with Crippen molar-refractivity contribution >= 4 is 38.4 Å². The molecule has 1 saturated heterocycles. The number of halogens is 2. The molecule has 1 aromatic rings. The molecule has 1 heterocycles. The van der Waals surface area contributed by atoms with Crippen LogP contribution in [0.3, 0.4) is 0 Å². The van der Waals surface area contributed by atoms with Crippen LogP contribution in [0.25, 0.3) is 0 Å². The molecule has 1 N–H and O–H groups in total. The van der Waals surface area contributed by atoms with Gasteiger partial charge in [-0.1, -0.05) is 28.9 Å². The van der Waals surface area contributed by atoms with Gasteiger partial charge in [0, 0.05) is 17.6 Å². The minimum absolute atomic E-state index is 0. The standard InChI is InChI=1S/C14H21BrN2O2S.ClH/c1-2-16-11-12-6-8-17(9-7-12)20(18,19)14-5-3-4-13(15)10-14;/h3-5,10,12,16H,2,6-9,11H2,1H3;1H. The van der Waals surface area contributed by atoms with Crippen molar-refractivity contribution < 1.29 is 8.42 Å². The van der Waals surface area contributed by atoms with E-state index in [9.17, 15) is 8.42 Å². The van der Waals surface area contributed by atoms with Gasteiger partial charge >= 0.3 is 0 Å². The first-order valence-corrected chi connectivity index (χ1v) is 9.23. The van der Waals surface area contributed by atoms with Crippen molar-refractivity contribution in [2.45, 2.75) is 24.7 Å². The first-order valence-electron chi connectivity index (χ1n) is 7.00. The van der Waals surface area contributed by atoms with Crippen LogP contribution in [0, 0.1) is 5.92 Å². The summed E-state index contributed by atoms with van der Waals surface area (Å²) in [6.07, 6.45) is 1.86. The second kappa shape index (κ2) is 8.48. The fourth-order valence-electron chi connectivity index (χ4n) is 2.48. The molecule has 21 heavy (non-hydrogen) atoms. The second-order valence-corrected chi connectivity index (χ2v) is 7.97. The molecule has 1 aromatic carbocycles. The highest BCUT2D eigenvalue weighted by Gasteiger charge is 2.29. The first kappa shape index (κ1) is 18.9. The first-order chi connectivity index (χ1) is 9.54. The van der Waals surface area contributed by atoms with Crippen molar-refractivity contribution in [1.29, 1.82) is 0 Å². The number of hydrogen-bond donors (Lipinski definition) is 1. The van der Waals surface area contributed by atoms with Crippen LogP contribution in [0.2, 0.25) is 0 Å². The predicted molar refractivity (Wildman–Crippen MR) is 91.4 cm³/mol. The minimum atomic E-state index is -3.35. The van der Waals surface area contributed by atoms with Crippen LogP contribution in [-0.4, -0.2) is 38.9 Å². The number of rotatable bonds is 5. The molecule has 0 aromatic heterocycles. The fourth-order valence-corrected chi connectivity index (χ4v) is 4.55. The molecule has 0 aliphatic carbocycles. The Morgan fingerprint density at radius 1 is 1.33 bits per heavy atom. The molecule has 4 nitrogen and oxygen atoms in total. The van der Waals surface area contributed by atoms with Gasteiger partial charge in [-0.05, 0) is 50.0 Å². The lowest BCUT2D eigenvalue weighted by atomic mass is 9.98. The van der Waals surface area contributed by atoms with Gasteiger partial charge in [-0.15, -0.1) is 12.4 Å². The summed E-state index contributed by atoms with van der Waals surface area (Å²) in [6, 6.07) is 6.92. The van der Waals surface area contributed by atoms with E-state index in [1.807, 2.05) is 6.07 Å². The van der Waals surface area contributed by atoms with Crippen LogP contribution in [0.1, 0.15) is 19.8 Å². The number of nitrogens with zero attached hydrogens (tertiary/aromatic N) is 1. The molecule has 1 fully saturated rings. The Bertz CT molecular complexity index is 546. The van der Waals surface area contributed by atoms with E-state index in [1.54, 1.807) is 22.5 Å². The molecule has 1 aliphatic heterocycles. The summed E-state index contributed by atoms with van der Waals surface area (Å²) in [5.74, 6) is 0.587. The Kier molecular flexibility index (Phi) is 7.64. The Morgan fingerprint density at radius 2 is 2.00 bits per heavy atom. The maximum Gasteiger partial charge on any atom is 0.243 e. The average molecular weight is 398 g/mol. The lowest BCUT2D eigenvalue weighted by molar-refractivity contribution is 0.268. The Labute approximate surface area is 141 Å². The summed E-state index contributed by atoms with van der Waals surface area (Å²) in [6.45, 7) is 5.28. The molecule has 0 amide bonds. The van der Waals surface area contributed by atoms with Crippen LogP contribution in [0.4, 0.5) is 0 Å². The smallest absolute Gasteiger partial charge is 0.243 e. The second-order valence-electron chi connectivity index (χ2n) is 5.11. The van der Waals surface area contributed by atoms with Gasteiger partial charge in [-0.2, -0.15) is 4.31 Å². The van der Waals surface area contributed by atoms with E-state index in [4.69, 9.17) is 0 Å². The van der Waals surface area contributed by atoms with E-state index in [0.29, 0.717) is 23.9 Å². The molecule has 0 unspecified atom stereocenters. The van der Waals surface area contributed by atoms with Crippen molar-refractivity contribution in [3.8, 4) is 0 Å². The van der Waals surface area contributed by atoms with E-state index in [-0.39, 0.29) is 12.4 Å². The third-order valence-electron chi connectivity index (χ3n) is 3.69. The van der Waals surface area contributed by atoms with E-state index >= 15 is 0 Å². The van der Waals surface area contributed by atoms with E-state index in [2.05, 4.69) is 28.2 Å². The van der Waals surface area contributed by atoms with Crippen LogP contribution in [-0.2, 0) is 10.0 Å². The van der Waals surface area contributed by atoms with Crippen molar-refractivity contribution in [1.82, 2.24) is 9.62 Å². The van der Waals surface area contributed by atoms with Crippen LogP contribution in [0.15, 0.2) is 33.6 Å². The average Bonchev–Trinajstić information content (AvgIpc) is 2.45. The van der Waals surface area contributed by atoms with Gasteiger partial charge < -0.3 is 5.32 Å². The zero-order valence-electron chi connectivity index (χ0n) is 12.1. The van der Waals surface area contributed by atoms with Crippen molar-refractivity contribution in [3.05, 3.63) is 28.7 Å². The SMILES string of the molecule is CCNCC1CCN(S(=O)(=O)c2cccc(Br)c2)CC1.Cl. The van der Waals surface area contributed by atoms with Gasteiger partial charge in [0.15, 0.2) is 0 Å². The number of hydrogen-bond acceptors (Lipinski definition) is 3. The van der Waals surface area contributed by atoms with Gasteiger partial charge in [0.25, 0.3) is 0 Å². The van der Waals surface area contributed by atoms with Gasteiger partial charge in [-0.25, -0.2) is 8.42 Å². The maximum absolute atomic E-state index is 12.5.